The molecule has 0 saturated carbocycles. The van der Waals surface area contributed by atoms with E-state index in [1.807, 2.05) is 24.4 Å². The van der Waals surface area contributed by atoms with Gasteiger partial charge in [0, 0.05) is 35.7 Å². The molecule has 0 spiro atoms. The molecule has 0 unspecified atom stereocenters. The van der Waals surface area contributed by atoms with Crippen molar-refractivity contribution in [2.75, 3.05) is 6.61 Å². The van der Waals surface area contributed by atoms with Crippen LogP contribution in [0.1, 0.15) is 18.9 Å². The van der Waals surface area contributed by atoms with E-state index in [1.54, 1.807) is 19.3 Å². The number of rotatable bonds is 2. The molecule has 1 aliphatic rings. The molecule has 112 valence electrons. The summed E-state index contributed by atoms with van der Waals surface area (Å²) in [6.07, 6.45) is 5.92. The van der Waals surface area contributed by atoms with Gasteiger partial charge in [-0.25, -0.2) is 4.99 Å². The molecule has 0 saturated heterocycles. The van der Waals surface area contributed by atoms with Crippen LogP contribution in [0.2, 0.25) is 0 Å². The maximum Gasteiger partial charge on any atom is 0.128 e. The molecule has 0 amide bonds. The molecule has 6 heteroatoms. The quantitative estimate of drug-likeness (QED) is 0.586. The minimum atomic E-state index is 0.248. The Morgan fingerprint density at radius 3 is 3.05 bits per heavy atom. The summed E-state index contributed by atoms with van der Waals surface area (Å²) in [5.74, 6) is 1.01. The highest BCUT2D eigenvalue weighted by Gasteiger charge is 2.16. The number of hydrogen-bond acceptors (Lipinski definition) is 4. The second kappa shape index (κ2) is 5.85. The molecule has 0 bridgehead atoms. The number of aromatic nitrogens is 2. The Balaban J connectivity index is 2.07. The van der Waals surface area contributed by atoms with E-state index in [4.69, 9.17) is 15.9 Å². The maximum absolute atomic E-state index is 7.40. The van der Waals surface area contributed by atoms with Crippen molar-refractivity contribution in [1.82, 2.24) is 10.2 Å². The average molecular weight is 295 g/mol. The van der Waals surface area contributed by atoms with Gasteiger partial charge in [-0.15, -0.1) is 0 Å². The van der Waals surface area contributed by atoms with Crippen molar-refractivity contribution < 1.29 is 4.74 Å². The van der Waals surface area contributed by atoms with Gasteiger partial charge in [-0.2, -0.15) is 5.10 Å². The number of amidine groups is 1. The van der Waals surface area contributed by atoms with Gasteiger partial charge in [0.1, 0.15) is 11.6 Å². The Labute approximate surface area is 128 Å². The average Bonchev–Trinajstić information content (AvgIpc) is 2.99. The van der Waals surface area contributed by atoms with Crippen molar-refractivity contribution in [2.45, 2.75) is 13.3 Å². The van der Waals surface area contributed by atoms with E-state index < -0.39 is 0 Å². The van der Waals surface area contributed by atoms with Crippen LogP contribution in [0.4, 0.5) is 0 Å². The lowest BCUT2D eigenvalue weighted by molar-refractivity contribution is 0.325. The molecular formula is C16H17N5O. The molecular weight excluding hydrogens is 278 g/mol. The molecule has 4 N–H and O–H groups in total. The number of nitrogens with two attached hydrogens (primary N) is 1. The molecule has 0 radical (unpaired) electrons. The molecule has 2 heterocycles. The van der Waals surface area contributed by atoms with Crippen molar-refractivity contribution in [3.63, 3.8) is 0 Å². The standard InChI is InChI=1S/C16H17N5O/c1-10(17)19-7-12-4-5-22-15-3-2-11(6-14(15)16(12)18)13-8-20-21-9-13/h2-3,6-9,17H,4-5,18H2,1H3,(H,20,21). The highest BCUT2D eigenvalue weighted by atomic mass is 16.5. The number of ether oxygens (including phenoxy) is 1. The number of fused-ring (bicyclic) bond motifs is 1. The lowest BCUT2D eigenvalue weighted by Crippen LogP contribution is -2.03. The van der Waals surface area contributed by atoms with Gasteiger partial charge in [0.05, 0.1) is 12.8 Å². The van der Waals surface area contributed by atoms with E-state index in [-0.39, 0.29) is 5.84 Å². The number of nitrogens with one attached hydrogen (secondary N) is 2. The molecule has 0 fully saturated rings. The fourth-order valence-electron chi connectivity index (χ4n) is 2.34. The zero-order chi connectivity index (χ0) is 15.5. The number of benzene rings is 1. The van der Waals surface area contributed by atoms with Gasteiger partial charge in [-0.3, -0.25) is 10.5 Å². The van der Waals surface area contributed by atoms with Crippen LogP contribution in [-0.4, -0.2) is 28.9 Å². The van der Waals surface area contributed by atoms with Crippen molar-refractivity contribution in [3.05, 3.63) is 41.7 Å². The Hall–Kier alpha value is -2.89. The highest BCUT2D eigenvalue weighted by molar-refractivity contribution is 5.97. The smallest absolute Gasteiger partial charge is 0.128 e. The summed E-state index contributed by atoms with van der Waals surface area (Å²) in [7, 11) is 0. The first kappa shape index (κ1) is 14.1. The normalized spacial score (nSPS) is 14.6. The first-order chi connectivity index (χ1) is 10.6. The molecule has 3 rings (SSSR count). The number of nitrogens with zero attached hydrogens (tertiary/aromatic N) is 2. The van der Waals surface area contributed by atoms with Crippen molar-refractivity contribution in [3.8, 4) is 16.9 Å². The summed E-state index contributed by atoms with van der Waals surface area (Å²) >= 11 is 0. The highest BCUT2D eigenvalue weighted by Crippen LogP contribution is 2.33. The fraction of sp³-hybridized carbons (Fsp3) is 0.188. The minimum Gasteiger partial charge on any atom is -0.493 e. The summed E-state index contributed by atoms with van der Waals surface area (Å²) < 4.78 is 5.77. The minimum absolute atomic E-state index is 0.248. The monoisotopic (exact) mass is 295 g/mol. The predicted molar refractivity (Wildman–Crippen MR) is 87.1 cm³/mol. The Kier molecular flexibility index (Phi) is 3.74. The molecule has 0 aliphatic carbocycles. The van der Waals surface area contributed by atoms with Crippen molar-refractivity contribution >= 4 is 17.7 Å². The van der Waals surface area contributed by atoms with E-state index in [0.29, 0.717) is 18.7 Å². The number of aromatic amines is 1. The van der Waals surface area contributed by atoms with Gasteiger partial charge in [-0.1, -0.05) is 6.07 Å². The molecule has 0 atom stereocenters. The molecule has 1 aromatic heterocycles. The van der Waals surface area contributed by atoms with Crippen LogP contribution in [0.5, 0.6) is 5.75 Å². The van der Waals surface area contributed by atoms with Gasteiger partial charge in [0.2, 0.25) is 0 Å². The third-order valence-corrected chi connectivity index (χ3v) is 3.49. The summed E-state index contributed by atoms with van der Waals surface area (Å²) in [4.78, 5) is 4.04. The Bertz CT molecular complexity index is 759. The zero-order valence-corrected chi connectivity index (χ0v) is 12.3. The predicted octanol–water partition coefficient (Wildman–Crippen LogP) is 2.60. The molecule has 6 nitrogen and oxygen atoms in total. The SMILES string of the molecule is CC(=N)N=CC1=C(N)c2cc(-c3cn[nH]c3)ccc2OCC1. The first-order valence-corrected chi connectivity index (χ1v) is 6.99. The van der Waals surface area contributed by atoms with E-state index in [2.05, 4.69) is 15.2 Å². The molecule has 1 aromatic carbocycles. The molecule has 1 aliphatic heterocycles. The van der Waals surface area contributed by atoms with Gasteiger partial charge in [0.25, 0.3) is 0 Å². The van der Waals surface area contributed by atoms with Crippen LogP contribution in [0, 0.1) is 5.41 Å². The van der Waals surface area contributed by atoms with Gasteiger partial charge < -0.3 is 10.5 Å². The van der Waals surface area contributed by atoms with Gasteiger partial charge >= 0.3 is 0 Å². The third-order valence-electron chi connectivity index (χ3n) is 3.49. The number of hydrogen-bond donors (Lipinski definition) is 3. The summed E-state index contributed by atoms with van der Waals surface area (Å²) in [6.45, 7) is 2.17. The fourth-order valence-corrected chi connectivity index (χ4v) is 2.34. The largest absolute Gasteiger partial charge is 0.493 e. The summed E-state index contributed by atoms with van der Waals surface area (Å²) in [5.41, 5.74) is 10.7. The van der Waals surface area contributed by atoms with E-state index in [0.717, 1.165) is 28.0 Å². The van der Waals surface area contributed by atoms with Crippen molar-refractivity contribution in [2.24, 2.45) is 10.7 Å². The third kappa shape index (κ3) is 2.76. The second-order valence-corrected chi connectivity index (χ2v) is 5.08. The zero-order valence-electron chi connectivity index (χ0n) is 12.3. The number of H-pyrrole nitrogens is 1. The van der Waals surface area contributed by atoms with Crippen LogP contribution < -0.4 is 10.5 Å². The topological polar surface area (TPSA) is 100 Å². The molecule has 2 aromatic rings. The van der Waals surface area contributed by atoms with Crippen LogP contribution in [0.3, 0.4) is 0 Å². The van der Waals surface area contributed by atoms with Gasteiger partial charge in [0.15, 0.2) is 0 Å². The lowest BCUT2D eigenvalue weighted by Gasteiger charge is -2.10. The molecule has 22 heavy (non-hydrogen) atoms. The summed E-state index contributed by atoms with van der Waals surface area (Å²) in [5, 5.41) is 14.2. The lowest BCUT2D eigenvalue weighted by atomic mass is 10.0. The van der Waals surface area contributed by atoms with Crippen molar-refractivity contribution in [1.29, 1.82) is 5.41 Å². The first-order valence-electron chi connectivity index (χ1n) is 6.99. The van der Waals surface area contributed by atoms with Crippen LogP contribution in [-0.2, 0) is 0 Å². The second-order valence-electron chi connectivity index (χ2n) is 5.08. The van der Waals surface area contributed by atoms with Crippen LogP contribution >= 0.6 is 0 Å². The maximum atomic E-state index is 7.40. The van der Waals surface area contributed by atoms with E-state index >= 15 is 0 Å². The van der Waals surface area contributed by atoms with E-state index in [9.17, 15) is 0 Å². The van der Waals surface area contributed by atoms with E-state index in [1.165, 1.54) is 0 Å². The van der Waals surface area contributed by atoms with Gasteiger partial charge in [-0.05, 0) is 30.2 Å². The van der Waals surface area contributed by atoms with Crippen LogP contribution in [0.15, 0.2) is 41.2 Å². The Morgan fingerprint density at radius 2 is 2.32 bits per heavy atom. The summed E-state index contributed by atoms with van der Waals surface area (Å²) in [6, 6.07) is 5.90. The number of aliphatic imine (C=N–C) groups is 1. The Morgan fingerprint density at radius 1 is 1.45 bits per heavy atom. The van der Waals surface area contributed by atoms with Crippen LogP contribution in [0.25, 0.3) is 16.8 Å².